The van der Waals surface area contributed by atoms with Gasteiger partial charge in [0.15, 0.2) is 0 Å². The molecule has 30 heavy (non-hydrogen) atoms. The van der Waals surface area contributed by atoms with E-state index in [4.69, 9.17) is 0 Å². The molecule has 1 heterocycles. The van der Waals surface area contributed by atoms with Gasteiger partial charge in [-0.15, -0.1) is 0 Å². The molecule has 6 heteroatoms. The van der Waals surface area contributed by atoms with Crippen LogP contribution in [0, 0.1) is 41.5 Å². The number of aryl methyl sites for hydroxylation is 6. The van der Waals surface area contributed by atoms with E-state index in [-0.39, 0.29) is 15.4 Å². The molecule has 0 amide bonds. The first kappa shape index (κ1) is 25.0. The van der Waals surface area contributed by atoms with E-state index in [1.165, 1.54) is 33.4 Å². The Kier molecular flexibility index (Phi) is 7.20. The van der Waals surface area contributed by atoms with Crippen molar-refractivity contribution >= 4 is 66.3 Å². The topological polar surface area (TPSA) is 0 Å². The lowest BCUT2D eigenvalue weighted by Gasteiger charge is -2.85. The summed E-state index contributed by atoms with van der Waals surface area (Å²) in [6, 6.07) is 9.62. The highest BCUT2D eigenvalue weighted by Gasteiger charge is 2.57. The van der Waals surface area contributed by atoms with E-state index in [1.807, 2.05) is 0 Å². The normalized spacial score (nSPS) is 28.9. The summed E-state index contributed by atoms with van der Waals surface area (Å²) >= 11 is 9.12. The molecule has 0 atom stereocenters. The SMILES string of the molecule is Cc1cc(C)c(P2[B-](Br)(C(C)C)P(c3c(C)cc(C)cc3C)[B-]2(Br)C(C)C)c(C)c1. The molecule has 0 N–H and O–H groups in total. The first-order chi connectivity index (χ1) is 13.8. The van der Waals surface area contributed by atoms with Crippen LogP contribution in [0.2, 0.25) is 11.6 Å². The highest BCUT2D eigenvalue weighted by Crippen LogP contribution is 2.94. The van der Waals surface area contributed by atoms with Crippen molar-refractivity contribution in [2.24, 2.45) is 0 Å². The van der Waals surface area contributed by atoms with Gasteiger partial charge in [-0.2, -0.15) is 11.6 Å². The molecule has 1 aliphatic rings. The van der Waals surface area contributed by atoms with Crippen LogP contribution in [0.25, 0.3) is 0 Å². The van der Waals surface area contributed by atoms with Crippen molar-refractivity contribution in [2.45, 2.75) is 80.9 Å². The van der Waals surface area contributed by atoms with Crippen molar-refractivity contribution in [2.75, 3.05) is 0 Å². The Hall–Kier alpha value is 0.390. The zero-order valence-electron chi connectivity index (χ0n) is 20.3. The van der Waals surface area contributed by atoms with Gasteiger partial charge in [0.2, 0.25) is 0 Å². The number of rotatable bonds is 4. The van der Waals surface area contributed by atoms with Crippen LogP contribution in [-0.2, 0) is 0 Å². The van der Waals surface area contributed by atoms with Gasteiger partial charge in [0, 0.05) is 0 Å². The van der Waals surface area contributed by atoms with Crippen LogP contribution in [0.5, 0.6) is 0 Å². The van der Waals surface area contributed by atoms with Crippen LogP contribution >= 0.6 is 46.9 Å². The zero-order valence-corrected chi connectivity index (χ0v) is 25.2. The van der Waals surface area contributed by atoms with Gasteiger partial charge in [0.05, 0.1) is 8.82 Å². The molecule has 2 aromatic rings. The molecule has 0 saturated carbocycles. The minimum absolute atomic E-state index is 0.325. The third-order valence-corrected chi connectivity index (χ3v) is 25.4. The van der Waals surface area contributed by atoms with Gasteiger partial charge in [0.1, 0.15) is 0 Å². The summed E-state index contributed by atoms with van der Waals surface area (Å²) in [5.41, 5.74) is 8.72. The second-order valence-electron chi connectivity index (χ2n) is 10.3. The Morgan fingerprint density at radius 2 is 0.800 bits per heavy atom. The van der Waals surface area contributed by atoms with E-state index in [1.54, 1.807) is 10.6 Å². The average molecular weight is 568 g/mol. The molecule has 0 aliphatic carbocycles. The second-order valence-corrected chi connectivity index (χ2v) is 22.6. The maximum atomic E-state index is 4.56. The molecular weight excluding hydrogens is 532 g/mol. The molecule has 2 aromatic carbocycles. The maximum Gasteiger partial charge on any atom is 0.0584 e. The highest BCUT2D eigenvalue weighted by atomic mass is 79.9. The molecule has 0 nitrogen and oxygen atoms in total. The van der Waals surface area contributed by atoms with Gasteiger partial charge < -0.3 is 46.9 Å². The third-order valence-electron chi connectivity index (χ3n) is 7.04. The van der Waals surface area contributed by atoms with E-state index in [2.05, 4.69) is 125 Å². The lowest BCUT2D eigenvalue weighted by atomic mass is 9.82. The molecule has 0 radical (unpaired) electrons. The van der Waals surface area contributed by atoms with Crippen LogP contribution < -0.4 is 10.6 Å². The zero-order chi connectivity index (χ0) is 22.8. The molecule has 1 saturated heterocycles. The maximum absolute atomic E-state index is 4.56. The van der Waals surface area contributed by atoms with Crippen molar-refractivity contribution in [1.29, 1.82) is 0 Å². The van der Waals surface area contributed by atoms with Crippen molar-refractivity contribution < 1.29 is 0 Å². The van der Waals surface area contributed by atoms with Crippen LogP contribution in [0.1, 0.15) is 61.1 Å². The number of halogens is 2. The Labute approximate surface area is 203 Å². The minimum atomic E-state index is -0.703. The summed E-state index contributed by atoms with van der Waals surface area (Å²) in [5, 5.41) is 3.32. The molecule has 1 fully saturated rings. The fraction of sp³-hybridized carbons (Fsp3) is 0.500. The van der Waals surface area contributed by atoms with Crippen molar-refractivity contribution in [3.8, 4) is 0 Å². The summed E-state index contributed by atoms with van der Waals surface area (Å²) in [6.07, 6.45) is 0. The first-order valence-electron chi connectivity index (χ1n) is 11.2. The number of benzene rings is 2. The third kappa shape index (κ3) is 3.65. The summed E-state index contributed by atoms with van der Waals surface area (Å²) in [6.45, 7) is 23.7. The van der Waals surface area contributed by atoms with Gasteiger partial charge in [-0.05, 0) is 63.8 Å². The van der Waals surface area contributed by atoms with Crippen molar-refractivity contribution in [3.05, 3.63) is 57.6 Å². The van der Waals surface area contributed by atoms with Crippen LogP contribution in [0.15, 0.2) is 24.3 Å². The van der Waals surface area contributed by atoms with E-state index in [9.17, 15) is 0 Å². The van der Waals surface area contributed by atoms with E-state index in [0.717, 1.165) is 0 Å². The molecule has 0 spiro atoms. The lowest BCUT2D eigenvalue weighted by Crippen LogP contribution is -2.60. The van der Waals surface area contributed by atoms with Gasteiger partial charge in [-0.25, -0.2) is 0 Å². The summed E-state index contributed by atoms with van der Waals surface area (Å²) < 4.78 is -1.41. The van der Waals surface area contributed by atoms with Crippen molar-refractivity contribution in [1.82, 2.24) is 0 Å². The molecule has 3 rings (SSSR count). The van der Waals surface area contributed by atoms with Gasteiger partial charge in [-0.3, -0.25) is 0 Å². The Balaban J connectivity index is 2.34. The van der Waals surface area contributed by atoms with Gasteiger partial charge in [0.25, 0.3) is 0 Å². The van der Waals surface area contributed by atoms with Crippen LogP contribution in [0.4, 0.5) is 0 Å². The monoisotopic (exact) mass is 566 g/mol. The largest absolute Gasteiger partial charge is 0.385 e. The Bertz CT molecular complexity index is 854. The Morgan fingerprint density at radius 1 is 0.567 bits per heavy atom. The molecule has 0 aromatic heterocycles. The highest BCUT2D eigenvalue weighted by molar-refractivity contribution is 9.47. The van der Waals surface area contributed by atoms with Crippen molar-refractivity contribution in [3.63, 3.8) is 0 Å². The van der Waals surface area contributed by atoms with E-state index in [0.29, 0.717) is 11.6 Å². The van der Waals surface area contributed by atoms with E-state index < -0.39 is 8.82 Å². The summed E-state index contributed by atoms with van der Waals surface area (Å²) in [7, 11) is -0.650. The molecule has 1 aliphatic heterocycles. The van der Waals surface area contributed by atoms with Gasteiger partial charge >= 0.3 is 0 Å². The first-order valence-corrected chi connectivity index (χ1v) is 16.0. The average Bonchev–Trinajstić information content (AvgIpc) is 2.59. The minimum Gasteiger partial charge on any atom is -0.385 e. The molecular formula is C24H36B2Br2P2-2. The predicted molar refractivity (Wildman–Crippen MR) is 154 cm³/mol. The predicted octanol–water partition coefficient (Wildman–Crippen LogP) is 8.95. The second kappa shape index (κ2) is 8.63. The number of hydrogen-bond acceptors (Lipinski definition) is 0. The summed E-state index contributed by atoms with van der Waals surface area (Å²) in [4.78, 5) is 0. The fourth-order valence-corrected chi connectivity index (χ4v) is 29.1. The molecule has 0 unspecified atom stereocenters. The quantitative estimate of drug-likeness (QED) is 0.255. The number of hydrogen-bond donors (Lipinski definition) is 0. The lowest BCUT2D eigenvalue weighted by molar-refractivity contribution is 1.05. The summed E-state index contributed by atoms with van der Waals surface area (Å²) in [5.74, 6) is 1.27. The van der Waals surface area contributed by atoms with Gasteiger partial charge in [-0.1, -0.05) is 73.7 Å². The smallest absolute Gasteiger partial charge is 0.0584 e. The van der Waals surface area contributed by atoms with E-state index >= 15 is 0 Å². The standard InChI is InChI=1S/C24H36B2Br2P2/c1-15(2)25(27)29(23-19(7)11-17(5)12-20(23)8)26(28,16(3)4)30(25)24-21(9)13-18(6)14-22(24)10/h11-16H,1-10H3/q-2. The van der Waals surface area contributed by atoms with Crippen LogP contribution in [0.3, 0.4) is 0 Å². The fourth-order valence-electron chi connectivity index (χ4n) is 5.95. The molecule has 0 bridgehead atoms. The Morgan fingerprint density at radius 3 is 1.00 bits per heavy atom. The van der Waals surface area contributed by atoms with Crippen LogP contribution in [-0.4, -0.2) is 8.82 Å². The molecule has 164 valence electrons.